The van der Waals surface area contributed by atoms with Gasteiger partial charge in [-0.05, 0) is 68.0 Å². The number of rotatable bonds is 3. The number of benzene rings is 2. The predicted octanol–water partition coefficient (Wildman–Crippen LogP) is 9.62. The van der Waals surface area contributed by atoms with Crippen LogP contribution in [0.25, 0.3) is 0 Å². The van der Waals surface area contributed by atoms with E-state index < -0.39 is 69.8 Å². The van der Waals surface area contributed by atoms with Crippen LogP contribution in [-0.4, -0.2) is 17.1 Å². The Hall–Kier alpha value is -1.75. The van der Waals surface area contributed by atoms with Crippen LogP contribution in [0.15, 0.2) is 36.4 Å². The quantitative estimate of drug-likeness (QED) is 0.179. The van der Waals surface area contributed by atoms with E-state index in [0.717, 1.165) is 12.8 Å². The largest absolute Gasteiger partial charge is 0.416 e. The van der Waals surface area contributed by atoms with Crippen molar-refractivity contribution < 1.29 is 62.2 Å². The lowest BCUT2D eigenvalue weighted by atomic mass is 9.80. The standard InChI is InChI=1S/C26H21F12IO2/c27-23(28,29)17-5-15(6-18(9-17)24(30,31)32)22(40-11-14(12-41-22)13-1-3-21(39)4-2-13)16-7-19(25(33,34)35)10-20(8-16)26(36,37)38/h5-10,13-14,21H,1-4,11-12H2. The molecule has 0 N–H and O–H groups in total. The normalized spacial score (nSPS) is 23.0. The van der Waals surface area contributed by atoms with E-state index in [1.165, 1.54) is 0 Å². The fourth-order valence-corrected chi connectivity index (χ4v) is 5.87. The van der Waals surface area contributed by atoms with Gasteiger partial charge in [0.15, 0.2) is 0 Å². The van der Waals surface area contributed by atoms with Crippen LogP contribution in [0, 0.1) is 11.8 Å². The first-order valence-electron chi connectivity index (χ1n) is 12.2. The molecule has 0 unspecified atom stereocenters. The van der Waals surface area contributed by atoms with E-state index >= 15 is 0 Å². The summed E-state index contributed by atoms with van der Waals surface area (Å²) in [5.41, 5.74) is -9.42. The van der Waals surface area contributed by atoms with Crippen molar-refractivity contribution in [1.29, 1.82) is 0 Å². The van der Waals surface area contributed by atoms with Crippen molar-refractivity contribution in [2.24, 2.45) is 11.8 Å². The Morgan fingerprint density at radius 1 is 0.512 bits per heavy atom. The maximum Gasteiger partial charge on any atom is 0.416 e. The average molecular weight is 720 g/mol. The van der Waals surface area contributed by atoms with Gasteiger partial charge in [-0.25, -0.2) is 0 Å². The molecule has 1 heterocycles. The van der Waals surface area contributed by atoms with Crippen LogP contribution in [0.5, 0.6) is 0 Å². The van der Waals surface area contributed by atoms with Gasteiger partial charge in [-0.15, -0.1) is 0 Å². The summed E-state index contributed by atoms with van der Waals surface area (Å²) in [5, 5.41) is 0. The molecule has 0 atom stereocenters. The zero-order valence-corrected chi connectivity index (χ0v) is 22.8. The fraction of sp³-hybridized carbons (Fsp3) is 0.538. The van der Waals surface area contributed by atoms with Gasteiger partial charge in [0.2, 0.25) is 5.79 Å². The van der Waals surface area contributed by atoms with E-state index in [1.807, 2.05) is 0 Å². The van der Waals surface area contributed by atoms with E-state index in [4.69, 9.17) is 9.47 Å². The lowest BCUT2D eigenvalue weighted by Crippen LogP contribution is -2.45. The summed E-state index contributed by atoms with van der Waals surface area (Å²) in [7, 11) is 0. The maximum atomic E-state index is 13.7. The van der Waals surface area contributed by atoms with Gasteiger partial charge in [0.25, 0.3) is 0 Å². The summed E-state index contributed by atoms with van der Waals surface area (Å²) in [4.78, 5) is 0. The van der Waals surface area contributed by atoms with Crippen LogP contribution in [0.2, 0.25) is 0 Å². The number of hydrogen-bond donors (Lipinski definition) is 0. The number of halogens is 13. The Balaban J connectivity index is 1.92. The van der Waals surface area contributed by atoms with Gasteiger partial charge in [-0.3, -0.25) is 0 Å². The van der Waals surface area contributed by atoms with E-state index in [2.05, 4.69) is 22.6 Å². The van der Waals surface area contributed by atoms with Crippen molar-refractivity contribution in [3.63, 3.8) is 0 Å². The highest BCUT2D eigenvalue weighted by atomic mass is 127. The Morgan fingerprint density at radius 3 is 1.12 bits per heavy atom. The zero-order valence-electron chi connectivity index (χ0n) is 20.7. The van der Waals surface area contributed by atoms with Gasteiger partial charge in [0.1, 0.15) is 0 Å². The Kier molecular flexibility index (Phi) is 8.68. The molecule has 0 amide bonds. The van der Waals surface area contributed by atoms with Crippen LogP contribution in [0.3, 0.4) is 0 Å². The molecule has 0 aromatic heterocycles. The van der Waals surface area contributed by atoms with Gasteiger partial charge in [0.05, 0.1) is 35.5 Å². The number of hydrogen-bond acceptors (Lipinski definition) is 2. The van der Waals surface area contributed by atoms with Crippen LogP contribution in [0.1, 0.15) is 59.1 Å². The lowest BCUT2D eigenvalue weighted by Gasteiger charge is -2.44. The second-order valence-corrected chi connectivity index (χ2v) is 11.9. The third-order valence-corrected chi connectivity index (χ3v) is 8.55. The first-order valence-corrected chi connectivity index (χ1v) is 13.5. The molecule has 2 aromatic carbocycles. The summed E-state index contributed by atoms with van der Waals surface area (Å²) in [5.74, 6) is -3.40. The molecule has 2 nitrogen and oxygen atoms in total. The number of ether oxygens (including phenoxy) is 2. The molecule has 1 aliphatic heterocycles. The molecule has 41 heavy (non-hydrogen) atoms. The molecule has 0 spiro atoms. The molecule has 0 bridgehead atoms. The minimum absolute atomic E-state index is 0.0292. The highest BCUT2D eigenvalue weighted by Gasteiger charge is 2.48. The molecular formula is C26H21F12IO2. The monoisotopic (exact) mass is 720 g/mol. The fourth-order valence-electron chi connectivity index (χ4n) is 5.15. The predicted molar refractivity (Wildman–Crippen MR) is 129 cm³/mol. The van der Waals surface area contributed by atoms with Crippen LogP contribution >= 0.6 is 22.6 Å². The Morgan fingerprint density at radius 2 is 0.829 bits per heavy atom. The van der Waals surface area contributed by atoms with E-state index in [-0.39, 0.29) is 55.5 Å². The van der Waals surface area contributed by atoms with Gasteiger partial charge >= 0.3 is 24.7 Å². The molecule has 2 aliphatic rings. The smallest absolute Gasteiger partial charge is 0.342 e. The Labute approximate surface area is 239 Å². The summed E-state index contributed by atoms with van der Waals surface area (Å²) < 4.78 is 176. The zero-order chi connectivity index (χ0) is 30.6. The minimum atomic E-state index is -5.35. The van der Waals surface area contributed by atoms with Crippen molar-refractivity contribution in [2.45, 2.75) is 60.1 Å². The molecule has 1 saturated carbocycles. The molecule has 1 saturated heterocycles. The van der Waals surface area contributed by atoms with Crippen molar-refractivity contribution >= 4 is 22.6 Å². The van der Waals surface area contributed by atoms with Crippen molar-refractivity contribution in [1.82, 2.24) is 0 Å². The first kappa shape index (κ1) is 32.2. The molecule has 4 rings (SSSR count). The topological polar surface area (TPSA) is 18.5 Å². The molecule has 0 radical (unpaired) electrons. The SMILES string of the molecule is FC(F)(F)c1cc(C(F)(F)F)cc(C2(c3cc(C(F)(F)F)cc(C(F)(F)F)c3)OCC(C3CCC(I)CC3)CO2)c1. The van der Waals surface area contributed by atoms with Crippen molar-refractivity contribution in [2.75, 3.05) is 13.2 Å². The third kappa shape index (κ3) is 7.08. The van der Waals surface area contributed by atoms with Gasteiger partial charge < -0.3 is 9.47 Å². The van der Waals surface area contributed by atoms with Crippen molar-refractivity contribution in [3.8, 4) is 0 Å². The molecule has 2 aromatic rings. The molecule has 1 aliphatic carbocycles. The molecular weight excluding hydrogens is 699 g/mol. The third-order valence-electron chi connectivity index (χ3n) is 7.30. The molecule has 2 fully saturated rings. The summed E-state index contributed by atoms with van der Waals surface area (Å²) in [6.45, 7) is -0.766. The van der Waals surface area contributed by atoms with Crippen molar-refractivity contribution in [3.05, 3.63) is 69.8 Å². The minimum Gasteiger partial charge on any atom is -0.342 e. The van der Waals surface area contributed by atoms with Gasteiger partial charge in [-0.2, -0.15) is 52.7 Å². The second kappa shape index (κ2) is 11.1. The summed E-state index contributed by atoms with van der Waals surface area (Å²) in [6.07, 6.45) is -18.4. The average Bonchev–Trinajstić information content (AvgIpc) is 2.86. The highest BCUT2D eigenvalue weighted by molar-refractivity contribution is 14.1. The molecule has 15 heteroatoms. The van der Waals surface area contributed by atoms with Crippen LogP contribution < -0.4 is 0 Å². The van der Waals surface area contributed by atoms with Gasteiger partial charge in [0, 0.05) is 21.0 Å². The van der Waals surface area contributed by atoms with E-state index in [9.17, 15) is 52.7 Å². The second-order valence-electron chi connectivity index (χ2n) is 10.1. The number of alkyl halides is 13. The molecule has 228 valence electrons. The van der Waals surface area contributed by atoms with Crippen LogP contribution in [-0.2, 0) is 40.0 Å². The summed E-state index contributed by atoms with van der Waals surface area (Å²) >= 11 is 2.27. The summed E-state index contributed by atoms with van der Waals surface area (Å²) in [6, 6.07) is 0.320. The van der Waals surface area contributed by atoms with E-state index in [0.29, 0.717) is 16.8 Å². The highest BCUT2D eigenvalue weighted by Crippen LogP contribution is 2.48. The van der Waals surface area contributed by atoms with E-state index in [1.54, 1.807) is 0 Å². The van der Waals surface area contributed by atoms with Gasteiger partial charge in [-0.1, -0.05) is 22.6 Å². The Bertz CT molecular complexity index is 1090. The lowest BCUT2D eigenvalue weighted by molar-refractivity contribution is -0.274. The van der Waals surface area contributed by atoms with Crippen LogP contribution in [0.4, 0.5) is 52.7 Å². The first-order chi connectivity index (χ1) is 18.7. The maximum absolute atomic E-state index is 13.7.